The van der Waals surface area contributed by atoms with Gasteiger partial charge in [0.25, 0.3) is 11.5 Å². The number of aromatic nitrogens is 3. The zero-order chi connectivity index (χ0) is 21.5. The van der Waals surface area contributed by atoms with Crippen LogP contribution in [0.1, 0.15) is 21.7 Å². The highest BCUT2D eigenvalue weighted by molar-refractivity contribution is 7.15. The van der Waals surface area contributed by atoms with E-state index >= 15 is 0 Å². The molecule has 0 spiro atoms. The Morgan fingerprint density at radius 3 is 2.74 bits per heavy atom. The second-order valence-electron chi connectivity index (χ2n) is 7.67. The van der Waals surface area contributed by atoms with E-state index in [1.807, 2.05) is 35.4 Å². The SMILES string of the molecule is Cc1nc2ccc(Cl)cc2cc1C(=O)N1CCN(Cc2cc(=O)n3ccsc3n2)CC1. The molecule has 0 atom stereocenters. The summed E-state index contributed by atoms with van der Waals surface area (Å²) in [5.41, 5.74) is 2.86. The van der Waals surface area contributed by atoms with Crippen LogP contribution in [0.2, 0.25) is 5.02 Å². The van der Waals surface area contributed by atoms with E-state index in [-0.39, 0.29) is 11.5 Å². The summed E-state index contributed by atoms with van der Waals surface area (Å²) in [6.45, 7) is 5.15. The van der Waals surface area contributed by atoms with Gasteiger partial charge >= 0.3 is 0 Å². The molecule has 7 nitrogen and oxygen atoms in total. The summed E-state index contributed by atoms with van der Waals surface area (Å²) in [6.07, 6.45) is 1.74. The molecule has 4 aromatic rings. The fourth-order valence-electron chi connectivity index (χ4n) is 3.94. The number of hydrogen-bond donors (Lipinski definition) is 0. The van der Waals surface area contributed by atoms with Gasteiger partial charge in [-0.15, -0.1) is 11.3 Å². The van der Waals surface area contributed by atoms with E-state index in [1.165, 1.54) is 11.3 Å². The van der Waals surface area contributed by atoms with Crippen LogP contribution in [0.4, 0.5) is 0 Å². The van der Waals surface area contributed by atoms with E-state index < -0.39 is 0 Å². The van der Waals surface area contributed by atoms with Crippen molar-refractivity contribution in [3.8, 4) is 0 Å². The van der Waals surface area contributed by atoms with Gasteiger partial charge in [0.2, 0.25) is 0 Å². The fourth-order valence-corrected chi connectivity index (χ4v) is 4.86. The van der Waals surface area contributed by atoms with Crippen molar-refractivity contribution in [1.82, 2.24) is 24.2 Å². The number of rotatable bonds is 3. The summed E-state index contributed by atoms with van der Waals surface area (Å²) < 4.78 is 1.55. The molecule has 0 N–H and O–H groups in total. The van der Waals surface area contributed by atoms with Gasteiger partial charge in [-0.05, 0) is 31.2 Å². The van der Waals surface area contributed by atoms with E-state index in [0.29, 0.717) is 35.2 Å². The summed E-state index contributed by atoms with van der Waals surface area (Å²) in [6, 6.07) is 8.97. The predicted octanol–water partition coefficient (Wildman–Crippen LogP) is 3.22. The van der Waals surface area contributed by atoms with Gasteiger partial charge in [-0.25, -0.2) is 4.98 Å². The molecule has 1 aromatic carbocycles. The van der Waals surface area contributed by atoms with Gasteiger partial charge in [0.15, 0.2) is 4.96 Å². The summed E-state index contributed by atoms with van der Waals surface area (Å²) in [7, 11) is 0. The molecule has 1 saturated heterocycles. The number of fused-ring (bicyclic) bond motifs is 2. The molecule has 9 heteroatoms. The molecule has 0 aliphatic carbocycles. The normalized spacial score (nSPS) is 15.1. The van der Waals surface area contributed by atoms with E-state index in [1.54, 1.807) is 22.7 Å². The Labute approximate surface area is 187 Å². The van der Waals surface area contributed by atoms with Crippen molar-refractivity contribution in [3.05, 3.63) is 74.2 Å². The molecule has 0 unspecified atom stereocenters. The number of aryl methyl sites for hydroxylation is 1. The third kappa shape index (κ3) is 3.94. The number of pyridine rings is 1. The lowest BCUT2D eigenvalue weighted by atomic mass is 10.1. The molecule has 1 amide bonds. The summed E-state index contributed by atoms with van der Waals surface area (Å²) in [5.74, 6) is -0.0112. The maximum Gasteiger partial charge on any atom is 0.258 e. The van der Waals surface area contributed by atoms with Crippen LogP contribution in [0.25, 0.3) is 15.9 Å². The van der Waals surface area contributed by atoms with Crippen molar-refractivity contribution in [2.75, 3.05) is 26.2 Å². The molecule has 0 bridgehead atoms. The van der Waals surface area contributed by atoms with Crippen LogP contribution >= 0.6 is 22.9 Å². The number of carbonyl (C=O) groups excluding carboxylic acids is 1. The molecule has 5 rings (SSSR count). The second-order valence-corrected chi connectivity index (χ2v) is 8.98. The molecule has 3 aromatic heterocycles. The zero-order valence-corrected chi connectivity index (χ0v) is 18.5. The minimum absolute atomic E-state index is 0.0112. The van der Waals surface area contributed by atoms with Gasteiger partial charge in [-0.3, -0.25) is 23.9 Å². The van der Waals surface area contributed by atoms with Gasteiger partial charge in [0.05, 0.1) is 22.5 Å². The van der Waals surface area contributed by atoms with Gasteiger partial charge in [0.1, 0.15) is 0 Å². The third-order valence-corrected chi connectivity index (χ3v) is 6.59. The monoisotopic (exact) mass is 453 g/mol. The van der Waals surface area contributed by atoms with Gasteiger partial charge in [-0.1, -0.05) is 11.6 Å². The minimum Gasteiger partial charge on any atom is -0.336 e. The molecule has 1 fully saturated rings. The number of carbonyl (C=O) groups is 1. The first-order chi connectivity index (χ1) is 15.0. The summed E-state index contributed by atoms with van der Waals surface area (Å²) in [5, 5.41) is 3.34. The van der Waals surface area contributed by atoms with E-state index in [2.05, 4.69) is 14.9 Å². The van der Waals surface area contributed by atoms with E-state index in [0.717, 1.165) is 35.4 Å². The molecule has 0 radical (unpaired) electrons. The second kappa shape index (κ2) is 8.03. The average Bonchev–Trinajstić information content (AvgIpc) is 3.23. The number of halogens is 1. The number of piperazine rings is 1. The molecule has 1 aliphatic heterocycles. The molecular formula is C22H20ClN5O2S. The smallest absolute Gasteiger partial charge is 0.258 e. The van der Waals surface area contributed by atoms with Crippen molar-refractivity contribution >= 4 is 44.7 Å². The summed E-state index contributed by atoms with van der Waals surface area (Å²) >= 11 is 7.55. The largest absolute Gasteiger partial charge is 0.336 e. The quantitative estimate of drug-likeness (QED) is 0.476. The molecule has 4 heterocycles. The number of benzene rings is 1. The molecule has 31 heavy (non-hydrogen) atoms. The predicted molar refractivity (Wildman–Crippen MR) is 122 cm³/mol. The van der Waals surface area contributed by atoms with Crippen LogP contribution in [-0.2, 0) is 6.54 Å². The standard InChI is InChI=1S/C22H20ClN5O2S/c1-14-18(11-15-10-16(23)2-3-19(15)24-14)21(30)27-6-4-26(5-7-27)13-17-12-20(29)28-8-9-31-22(28)25-17/h2-3,8-12H,4-7,13H2,1H3. The van der Waals surface area contributed by atoms with Crippen LogP contribution in [0, 0.1) is 6.92 Å². The zero-order valence-electron chi connectivity index (χ0n) is 16.9. The first-order valence-electron chi connectivity index (χ1n) is 10.0. The van der Waals surface area contributed by atoms with E-state index in [4.69, 9.17) is 11.6 Å². The maximum atomic E-state index is 13.2. The Bertz CT molecular complexity index is 1360. The van der Waals surface area contributed by atoms with Crippen molar-refractivity contribution in [3.63, 3.8) is 0 Å². The van der Waals surface area contributed by atoms with Crippen molar-refractivity contribution in [2.24, 2.45) is 0 Å². The number of nitrogens with zero attached hydrogens (tertiary/aromatic N) is 5. The first kappa shape index (κ1) is 20.1. The molecule has 0 saturated carbocycles. The fraction of sp³-hybridized carbons (Fsp3) is 0.273. The topological polar surface area (TPSA) is 70.8 Å². The van der Waals surface area contributed by atoms with Gasteiger partial charge < -0.3 is 4.90 Å². The van der Waals surface area contributed by atoms with Crippen molar-refractivity contribution < 1.29 is 4.79 Å². The number of hydrogen-bond acceptors (Lipinski definition) is 6. The van der Waals surface area contributed by atoms with Gasteiger partial charge in [0, 0.05) is 60.8 Å². The van der Waals surface area contributed by atoms with Crippen LogP contribution < -0.4 is 5.56 Å². The molecule has 1 aliphatic rings. The van der Waals surface area contributed by atoms with Crippen LogP contribution in [0.5, 0.6) is 0 Å². The minimum atomic E-state index is -0.0607. The highest BCUT2D eigenvalue weighted by Gasteiger charge is 2.24. The molecular weight excluding hydrogens is 434 g/mol. The van der Waals surface area contributed by atoms with Crippen LogP contribution in [-0.4, -0.2) is 56.3 Å². The van der Waals surface area contributed by atoms with Crippen LogP contribution in [0.3, 0.4) is 0 Å². The molecule has 158 valence electrons. The van der Waals surface area contributed by atoms with Crippen LogP contribution in [0.15, 0.2) is 46.7 Å². The number of amides is 1. The first-order valence-corrected chi connectivity index (χ1v) is 11.3. The Morgan fingerprint density at radius 1 is 1.13 bits per heavy atom. The lowest BCUT2D eigenvalue weighted by Crippen LogP contribution is -2.48. The summed E-state index contributed by atoms with van der Waals surface area (Å²) in [4.78, 5) is 39.3. The van der Waals surface area contributed by atoms with Gasteiger partial charge in [-0.2, -0.15) is 0 Å². The highest BCUT2D eigenvalue weighted by atomic mass is 35.5. The van der Waals surface area contributed by atoms with Crippen molar-refractivity contribution in [1.29, 1.82) is 0 Å². The lowest BCUT2D eigenvalue weighted by molar-refractivity contribution is 0.0626. The third-order valence-electron chi connectivity index (χ3n) is 5.60. The highest BCUT2D eigenvalue weighted by Crippen LogP contribution is 2.22. The maximum absolute atomic E-state index is 13.2. The number of thiazole rings is 1. The Kier molecular flexibility index (Phi) is 5.21. The van der Waals surface area contributed by atoms with E-state index in [9.17, 15) is 9.59 Å². The van der Waals surface area contributed by atoms with Crippen molar-refractivity contribution in [2.45, 2.75) is 13.5 Å². The average molecular weight is 454 g/mol. The lowest BCUT2D eigenvalue weighted by Gasteiger charge is -2.34. The Morgan fingerprint density at radius 2 is 1.94 bits per heavy atom. The Hall–Kier alpha value is -2.81. The Balaban J connectivity index is 1.28.